The van der Waals surface area contributed by atoms with Gasteiger partial charge in [-0.1, -0.05) is 17.7 Å². The van der Waals surface area contributed by atoms with Gasteiger partial charge in [0.25, 0.3) is 0 Å². The lowest BCUT2D eigenvalue weighted by atomic mass is 9.95. The zero-order chi connectivity index (χ0) is 36.8. The molecule has 9 rings (SSSR count). The molecular formula is C36H30ClF3N10O2S. The number of nitrogens with zero attached hydrogens (tertiary/aromatic N) is 9. The van der Waals surface area contributed by atoms with E-state index in [1.165, 1.54) is 29.1 Å². The third-order valence-electron chi connectivity index (χ3n) is 11.2. The molecule has 0 aliphatic carbocycles. The lowest BCUT2D eigenvalue weighted by Gasteiger charge is -2.41. The molecule has 4 atom stereocenters. The van der Waals surface area contributed by atoms with Gasteiger partial charge in [0.05, 0.1) is 32.9 Å². The van der Waals surface area contributed by atoms with Crippen LogP contribution in [0.2, 0.25) is 5.02 Å². The van der Waals surface area contributed by atoms with Crippen LogP contribution in [0.3, 0.4) is 0 Å². The standard InChI is InChI=1S/C36H30ClF3N10O2S/c37-24-10-22-30(29(40)28(24)21-4-5-25(39)31-27(21)23(12-41)32(43)53-31)45-34(52-17-36-6-1-8-48(36)14-18(38)11-36)46-33(22)47-15-19-2-3-20(16-47)50(19)35(51)49-9-7-44-26(49)13-42/h4-5,7,9-10,18-20H,1-3,6,8,11,14-17,43H2/t18-,19?,20?,36+/m1/s1. The minimum atomic E-state index is -0.979. The van der Waals surface area contributed by atoms with Crippen LogP contribution in [-0.2, 0) is 0 Å². The number of aromatic nitrogens is 4. The number of thiophene rings is 1. The van der Waals surface area contributed by atoms with Crippen molar-refractivity contribution in [2.75, 3.05) is 43.4 Å². The monoisotopic (exact) mass is 758 g/mol. The van der Waals surface area contributed by atoms with Crippen LogP contribution in [0.25, 0.3) is 32.1 Å². The zero-order valence-electron chi connectivity index (χ0n) is 28.0. The van der Waals surface area contributed by atoms with Crippen LogP contribution in [0.4, 0.5) is 28.8 Å². The highest BCUT2D eigenvalue weighted by Crippen LogP contribution is 2.47. The quantitative estimate of drug-likeness (QED) is 0.218. The van der Waals surface area contributed by atoms with Gasteiger partial charge in [-0.3, -0.25) is 4.90 Å². The molecule has 12 nitrogen and oxygen atoms in total. The Morgan fingerprint density at radius 3 is 2.70 bits per heavy atom. The SMILES string of the molecule is N#Cc1c(N)sc2c(F)ccc(-c3c(Cl)cc4c(N5CC6CCC(C5)N6C(=O)n5ccnc5C#N)nc(OC[C@@]56CCCN5C[C@H](F)C6)nc4c3F)c12. The summed E-state index contributed by atoms with van der Waals surface area (Å²) in [7, 11) is 0. The number of nitrogen functional groups attached to an aromatic ring is 1. The van der Waals surface area contributed by atoms with Crippen molar-refractivity contribution < 1.29 is 22.7 Å². The molecule has 0 saturated carbocycles. The van der Waals surface area contributed by atoms with E-state index >= 15 is 4.39 Å². The van der Waals surface area contributed by atoms with E-state index in [-0.39, 0.29) is 84.3 Å². The molecule has 2 bridgehead atoms. The number of nitriles is 2. The Labute approximate surface area is 309 Å². The van der Waals surface area contributed by atoms with Gasteiger partial charge in [-0.25, -0.2) is 27.5 Å². The van der Waals surface area contributed by atoms with Gasteiger partial charge in [-0.05, 0) is 49.9 Å². The zero-order valence-corrected chi connectivity index (χ0v) is 29.6. The van der Waals surface area contributed by atoms with E-state index in [0.717, 1.165) is 30.7 Å². The van der Waals surface area contributed by atoms with Gasteiger partial charge in [-0.15, -0.1) is 11.3 Å². The number of hydrogen-bond donors (Lipinski definition) is 1. The van der Waals surface area contributed by atoms with Crippen LogP contribution in [0.15, 0.2) is 30.6 Å². The number of carbonyl (C=O) groups is 1. The van der Waals surface area contributed by atoms with Crippen molar-refractivity contribution in [3.63, 3.8) is 0 Å². The fourth-order valence-electron chi connectivity index (χ4n) is 8.92. The summed E-state index contributed by atoms with van der Waals surface area (Å²) >= 11 is 7.79. The number of piperazine rings is 1. The molecule has 53 heavy (non-hydrogen) atoms. The van der Waals surface area contributed by atoms with Crippen LogP contribution in [0.5, 0.6) is 6.01 Å². The van der Waals surface area contributed by atoms with Gasteiger partial charge < -0.3 is 20.3 Å². The largest absolute Gasteiger partial charge is 0.461 e. The van der Waals surface area contributed by atoms with Crippen LogP contribution in [0, 0.1) is 34.3 Å². The number of hydrogen-bond acceptors (Lipinski definition) is 11. The summed E-state index contributed by atoms with van der Waals surface area (Å²) in [5, 5.41) is 19.9. The van der Waals surface area contributed by atoms with Gasteiger partial charge >= 0.3 is 12.0 Å². The first kappa shape index (κ1) is 33.7. The van der Waals surface area contributed by atoms with E-state index in [4.69, 9.17) is 27.1 Å². The Balaban J connectivity index is 1.16. The number of benzene rings is 2. The number of anilines is 2. The summed E-state index contributed by atoms with van der Waals surface area (Å²) in [5.74, 6) is -1.09. The first-order valence-corrected chi connectivity index (χ1v) is 18.4. The molecule has 3 aromatic heterocycles. The normalized spacial score (nSPS) is 23.8. The molecule has 2 N–H and O–H groups in total. The minimum Gasteiger partial charge on any atom is -0.461 e. The Morgan fingerprint density at radius 1 is 1.15 bits per heavy atom. The Kier molecular flexibility index (Phi) is 7.92. The second-order valence-electron chi connectivity index (χ2n) is 14.1. The second-order valence-corrected chi connectivity index (χ2v) is 15.6. The van der Waals surface area contributed by atoms with Gasteiger partial charge in [0, 0.05) is 54.8 Å². The fourth-order valence-corrected chi connectivity index (χ4v) is 10.2. The van der Waals surface area contributed by atoms with E-state index in [0.29, 0.717) is 44.7 Å². The average Bonchev–Trinajstić information content (AvgIpc) is 3.95. The number of nitrogens with two attached hydrogens (primary N) is 1. The van der Waals surface area contributed by atoms with Crippen LogP contribution < -0.4 is 15.4 Å². The summed E-state index contributed by atoms with van der Waals surface area (Å²) in [6, 6.07) is 7.12. The number of rotatable bonds is 5. The van der Waals surface area contributed by atoms with E-state index in [1.54, 1.807) is 11.0 Å². The van der Waals surface area contributed by atoms with Crippen molar-refractivity contribution in [2.24, 2.45) is 0 Å². The third kappa shape index (κ3) is 5.18. The Hall–Kier alpha value is -5.16. The van der Waals surface area contributed by atoms with Gasteiger partial charge in [-0.2, -0.15) is 20.5 Å². The number of ether oxygens (including phenoxy) is 1. The summed E-state index contributed by atoms with van der Waals surface area (Å²) < 4.78 is 54.4. The molecule has 7 heterocycles. The maximum atomic E-state index is 17.2. The fraction of sp³-hybridized carbons (Fsp3) is 0.389. The molecule has 17 heteroatoms. The third-order valence-corrected chi connectivity index (χ3v) is 12.5. The molecule has 5 aromatic rings. The lowest BCUT2D eigenvalue weighted by Crippen LogP contribution is -2.57. The Morgan fingerprint density at radius 2 is 1.94 bits per heavy atom. The van der Waals surface area contributed by atoms with Crippen molar-refractivity contribution in [2.45, 2.75) is 55.9 Å². The average molecular weight is 759 g/mol. The van der Waals surface area contributed by atoms with Crippen molar-refractivity contribution in [1.82, 2.24) is 29.3 Å². The maximum absolute atomic E-state index is 17.2. The van der Waals surface area contributed by atoms with E-state index in [9.17, 15) is 24.1 Å². The highest BCUT2D eigenvalue weighted by molar-refractivity contribution is 7.23. The molecule has 4 aliphatic rings. The topological polar surface area (TPSA) is 153 Å². The van der Waals surface area contributed by atoms with Crippen LogP contribution >= 0.6 is 22.9 Å². The molecule has 1 amide bonds. The van der Waals surface area contributed by atoms with Crippen molar-refractivity contribution in [1.29, 1.82) is 10.5 Å². The molecule has 2 unspecified atom stereocenters. The van der Waals surface area contributed by atoms with E-state index in [2.05, 4.69) is 14.9 Å². The highest BCUT2D eigenvalue weighted by Gasteiger charge is 2.50. The predicted octanol–water partition coefficient (Wildman–Crippen LogP) is 6.24. The number of fused-ring (bicyclic) bond motifs is 5. The second kappa shape index (κ2) is 12.5. The number of halogens is 4. The molecule has 4 fully saturated rings. The summed E-state index contributed by atoms with van der Waals surface area (Å²) in [6.07, 6.45) is 5.26. The van der Waals surface area contributed by atoms with E-state index in [1.807, 2.05) is 17.0 Å². The summed E-state index contributed by atoms with van der Waals surface area (Å²) in [5.41, 5.74) is 5.57. The number of alkyl halides is 1. The molecular weight excluding hydrogens is 729 g/mol. The molecule has 0 radical (unpaired) electrons. The number of amides is 1. The van der Waals surface area contributed by atoms with Gasteiger partial charge in [0.2, 0.25) is 5.82 Å². The first-order chi connectivity index (χ1) is 25.6. The number of imidazole rings is 1. The summed E-state index contributed by atoms with van der Waals surface area (Å²) in [6.45, 7) is 1.87. The van der Waals surface area contributed by atoms with Crippen molar-refractivity contribution in [3.05, 3.63) is 58.6 Å². The van der Waals surface area contributed by atoms with E-state index < -0.39 is 23.3 Å². The predicted molar refractivity (Wildman–Crippen MR) is 192 cm³/mol. The summed E-state index contributed by atoms with van der Waals surface area (Å²) in [4.78, 5) is 32.8. The molecule has 4 aliphatic heterocycles. The number of carbonyl (C=O) groups excluding carboxylic acids is 1. The smallest absolute Gasteiger partial charge is 0.331 e. The van der Waals surface area contributed by atoms with Gasteiger partial charge in [0.1, 0.15) is 47.1 Å². The van der Waals surface area contributed by atoms with Crippen molar-refractivity contribution >= 4 is 60.8 Å². The van der Waals surface area contributed by atoms with Crippen LogP contribution in [-0.4, -0.2) is 91.9 Å². The molecule has 0 spiro atoms. The minimum absolute atomic E-state index is 0.00608. The molecule has 4 saturated heterocycles. The van der Waals surface area contributed by atoms with Gasteiger partial charge in [0.15, 0.2) is 5.82 Å². The molecule has 2 aromatic carbocycles. The molecule has 270 valence electrons. The Bertz CT molecular complexity index is 2430. The van der Waals surface area contributed by atoms with Crippen molar-refractivity contribution in [3.8, 4) is 29.3 Å². The maximum Gasteiger partial charge on any atom is 0.331 e. The lowest BCUT2D eigenvalue weighted by molar-refractivity contribution is 0.107. The van der Waals surface area contributed by atoms with Crippen LogP contribution in [0.1, 0.15) is 43.5 Å². The highest BCUT2D eigenvalue weighted by atomic mass is 35.5. The first-order valence-electron chi connectivity index (χ1n) is 17.2.